The zero-order chi connectivity index (χ0) is 13.7. The molecule has 0 bridgehead atoms. The summed E-state index contributed by atoms with van der Waals surface area (Å²) in [5, 5.41) is 20.5. The van der Waals surface area contributed by atoms with Crippen LogP contribution in [0.4, 0.5) is 0 Å². The second-order valence-corrected chi connectivity index (χ2v) is 4.06. The number of hydrogen-bond donors (Lipinski definition) is 4. The van der Waals surface area contributed by atoms with E-state index in [0.29, 0.717) is 5.56 Å². The zero-order valence-corrected chi connectivity index (χ0v) is 11.5. The molecule has 0 radical (unpaired) electrons. The summed E-state index contributed by atoms with van der Waals surface area (Å²) >= 11 is 0. The molecule has 1 amide bonds. The second kappa shape index (κ2) is 10.6. The summed E-state index contributed by atoms with van der Waals surface area (Å²) in [5.41, 5.74) is 6.06. The van der Waals surface area contributed by atoms with Gasteiger partial charge in [0.1, 0.15) is 11.8 Å². The molecule has 0 spiro atoms. The summed E-state index contributed by atoms with van der Waals surface area (Å²) in [6, 6.07) is 4.33. The fraction of sp³-hybridized carbons (Fsp3) is 0.333. The Morgan fingerprint density at radius 3 is 2.05 bits per heavy atom. The van der Waals surface area contributed by atoms with Gasteiger partial charge in [-0.15, -0.1) is 0 Å². The van der Waals surface area contributed by atoms with Crippen molar-refractivity contribution < 1.29 is 36.2 Å². The van der Waals surface area contributed by atoms with Gasteiger partial charge in [0, 0.05) is 6.42 Å². The van der Waals surface area contributed by atoms with E-state index in [4.69, 9.17) is 15.9 Å². The summed E-state index contributed by atoms with van der Waals surface area (Å²) in [4.78, 5) is 22.4. The Morgan fingerprint density at radius 2 is 1.67 bits per heavy atom. The average Bonchev–Trinajstić information content (AvgIpc) is 2.30. The van der Waals surface area contributed by atoms with Crippen molar-refractivity contribution in [3.8, 4) is 5.75 Å². The van der Waals surface area contributed by atoms with Gasteiger partial charge in [0.05, 0.1) is 6.04 Å². The topological polar surface area (TPSA) is 207 Å². The SMILES string of the molecule is C[C@H](N)C(=O)N[C@@H](Cc1ccc(O)cc1)C(=O)O.O.O.O. The fourth-order valence-corrected chi connectivity index (χ4v) is 1.37. The van der Waals surface area contributed by atoms with Crippen molar-refractivity contribution in [2.75, 3.05) is 0 Å². The molecule has 1 rings (SSSR count). The Kier molecular flexibility index (Phi) is 12.0. The number of aromatic hydroxyl groups is 1. The van der Waals surface area contributed by atoms with Gasteiger partial charge in [0.25, 0.3) is 0 Å². The summed E-state index contributed by atoms with van der Waals surface area (Å²) in [7, 11) is 0. The van der Waals surface area contributed by atoms with Crippen molar-refractivity contribution in [1.82, 2.24) is 5.32 Å². The lowest BCUT2D eigenvalue weighted by molar-refractivity contribution is -0.141. The molecule has 122 valence electrons. The van der Waals surface area contributed by atoms with E-state index in [0.717, 1.165) is 0 Å². The first-order valence-electron chi connectivity index (χ1n) is 5.47. The van der Waals surface area contributed by atoms with E-state index in [-0.39, 0.29) is 28.6 Å². The first-order valence-corrected chi connectivity index (χ1v) is 5.47. The highest BCUT2D eigenvalue weighted by molar-refractivity contribution is 5.86. The molecule has 0 heterocycles. The molecule has 0 unspecified atom stereocenters. The highest BCUT2D eigenvalue weighted by Gasteiger charge is 2.21. The van der Waals surface area contributed by atoms with Gasteiger partial charge in [0.2, 0.25) is 5.91 Å². The maximum absolute atomic E-state index is 11.4. The molecule has 0 saturated heterocycles. The third kappa shape index (κ3) is 7.84. The number of carboxylic acid groups (broad SMARTS) is 1. The minimum absolute atomic E-state index is 0. The molecule has 9 nitrogen and oxygen atoms in total. The number of phenolic OH excluding ortho intramolecular Hbond substituents is 1. The van der Waals surface area contributed by atoms with Gasteiger partial charge in [-0.1, -0.05) is 12.1 Å². The number of carbonyl (C=O) groups is 2. The molecular formula is C12H22N2O7. The summed E-state index contributed by atoms with van der Waals surface area (Å²) in [5.74, 6) is -1.54. The van der Waals surface area contributed by atoms with Crippen molar-refractivity contribution in [3.63, 3.8) is 0 Å². The quantitative estimate of drug-likeness (QED) is 0.459. The molecule has 1 aromatic carbocycles. The third-order valence-electron chi connectivity index (χ3n) is 2.40. The number of nitrogens with two attached hydrogens (primary N) is 1. The smallest absolute Gasteiger partial charge is 0.326 e. The van der Waals surface area contributed by atoms with Gasteiger partial charge in [-0.25, -0.2) is 4.79 Å². The van der Waals surface area contributed by atoms with E-state index in [9.17, 15) is 9.59 Å². The molecule has 21 heavy (non-hydrogen) atoms. The van der Waals surface area contributed by atoms with Gasteiger partial charge >= 0.3 is 5.97 Å². The van der Waals surface area contributed by atoms with Crippen molar-refractivity contribution in [3.05, 3.63) is 29.8 Å². The minimum atomic E-state index is -1.13. The van der Waals surface area contributed by atoms with Gasteiger partial charge in [-0.05, 0) is 24.6 Å². The Morgan fingerprint density at radius 1 is 1.19 bits per heavy atom. The maximum Gasteiger partial charge on any atom is 0.326 e. The summed E-state index contributed by atoms with van der Waals surface area (Å²) in [6.45, 7) is 1.48. The minimum Gasteiger partial charge on any atom is -0.508 e. The monoisotopic (exact) mass is 306 g/mol. The molecule has 2 atom stereocenters. The van der Waals surface area contributed by atoms with E-state index in [1.807, 2.05) is 0 Å². The predicted molar refractivity (Wildman–Crippen MR) is 75.9 cm³/mol. The van der Waals surface area contributed by atoms with Gasteiger partial charge in [-0.3, -0.25) is 4.79 Å². The number of carboxylic acids is 1. The van der Waals surface area contributed by atoms with Crippen LogP contribution in [0.25, 0.3) is 0 Å². The van der Waals surface area contributed by atoms with Crippen LogP contribution >= 0.6 is 0 Å². The van der Waals surface area contributed by atoms with Crippen LogP contribution in [0.15, 0.2) is 24.3 Å². The Bertz CT molecular complexity index is 434. The van der Waals surface area contributed by atoms with Crippen LogP contribution in [0.2, 0.25) is 0 Å². The lowest BCUT2D eigenvalue weighted by Crippen LogP contribution is -2.48. The molecule has 9 heteroatoms. The maximum atomic E-state index is 11.4. The van der Waals surface area contributed by atoms with Crippen LogP contribution < -0.4 is 11.1 Å². The summed E-state index contributed by atoms with van der Waals surface area (Å²) < 4.78 is 0. The zero-order valence-electron chi connectivity index (χ0n) is 11.5. The van der Waals surface area contributed by atoms with Crippen molar-refractivity contribution >= 4 is 11.9 Å². The van der Waals surface area contributed by atoms with E-state index >= 15 is 0 Å². The van der Waals surface area contributed by atoms with Crippen molar-refractivity contribution in [2.45, 2.75) is 25.4 Å². The lowest BCUT2D eigenvalue weighted by Gasteiger charge is -2.16. The van der Waals surface area contributed by atoms with Crippen LogP contribution in [0.1, 0.15) is 12.5 Å². The van der Waals surface area contributed by atoms with E-state index in [1.54, 1.807) is 12.1 Å². The van der Waals surface area contributed by atoms with Crippen LogP contribution in [-0.4, -0.2) is 50.6 Å². The predicted octanol–water partition coefficient (Wildman–Crippen LogP) is -2.62. The standard InChI is InChI=1S/C12H16N2O4.3H2O/c1-7(13)11(16)14-10(12(17)18)6-8-2-4-9(15)5-3-8;;;/h2-5,7,10,15H,6,13H2,1H3,(H,14,16)(H,17,18);3*1H2/t7-,10-;;;/m0.../s1. The first-order chi connectivity index (χ1) is 8.40. The molecule has 0 fully saturated rings. The molecule has 0 aliphatic heterocycles. The molecular weight excluding hydrogens is 284 g/mol. The normalized spacial score (nSPS) is 11.7. The Labute approximate surface area is 121 Å². The number of aliphatic carboxylic acids is 1. The van der Waals surface area contributed by atoms with Gasteiger partial charge in [-0.2, -0.15) is 0 Å². The molecule has 0 aromatic heterocycles. The highest BCUT2D eigenvalue weighted by Crippen LogP contribution is 2.11. The second-order valence-electron chi connectivity index (χ2n) is 4.06. The van der Waals surface area contributed by atoms with Crippen LogP contribution in [-0.2, 0) is 16.0 Å². The van der Waals surface area contributed by atoms with E-state index in [1.165, 1.54) is 19.1 Å². The average molecular weight is 306 g/mol. The number of benzene rings is 1. The van der Waals surface area contributed by atoms with Crippen molar-refractivity contribution in [1.29, 1.82) is 0 Å². The third-order valence-corrected chi connectivity index (χ3v) is 2.40. The van der Waals surface area contributed by atoms with Crippen molar-refractivity contribution in [2.24, 2.45) is 5.73 Å². The van der Waals surface area contributed by atoms with E-state index in [2.05, 4.69) is 5.32 Å². The van der Waals surface area contributed by atoms with Crippen LogP contribution in [0.3, 0.4) is 0 Å². The van der Waals surface area contributed by atoms with Crippen LogP contribution in [0, 0.1) is 0 Å². The number of hydrogen-bond acceptors (Lipinski definition) is 4. The summed E-state index contributed by atoms with van der Waals surface area (Å²) in [6.07, 6.45) is 0.133. The molecule has 11 N–H and O–H groups in total. The Balaban J connectivity index is -0.00000108. The molecule has 0 saturated carbocycles. The van der Waals surface area contributed by atoms with Gasteiger partial charge in [0.15, 0.2) is 0 Å². The number of phenols is 1. The fourth-order valence-electron chi connectivity index (χ4n) is 1.37. The number of carbonyl (C=O) groups excluding carboxylic acids is 1. The molecule has 0 aliphatic rings. The highest BCUT2D eigenvalue weighted by atomic mass is 16.4. The van der Waals surface area contributed by atoms with Crippen LogP contribution in [0.5, 0.6) is 5.75 Å². The number of rotatable bonds is 5. The Hall–Kier alpha value is -2.20. The number of amides is 1. The number of nitrogens with one attached hydrogen (secondary N) is 1. The molecule has 0 aliphatic carbocycles. The first kappa shape index (κ1) is 23.9. The largest absolute Gasteiger partial charge is 0.508 e. The lowest BCUT2D eigenvalue weighted by atomic mass is 10.1. The molecule has 1 aromatic rings. The van der Waals surface area contributed by atoms with Gasteiger partial charge < -0.3 is 37.7 Å². The van der Waals surface area contributed by atoms with E-state index < -0.39 is 24.0 Å².